The van der Waals surface area contributed by atoms with Crippen molar-refractivity contribution < 1.29 is 5.11 Å². The van der Waals surface area contributed by atoms with Crippen molar-refractivity contribution in [3.05, 3.63) is 16.4 Å². The molecular formula is C13H23ClN2O. The van der Waals surface area contributed by atoms with E-state index in [4.69, 9.17) is 11.6 Å². The van der Waals surface area contributed by atoms with E-state index in [1.165, 1.54) is 0 Å². The van der Waals surface area contributed by atoms with Crippen LogP contribution in [-0.2, 0) is 13.0 Å². The van der Waals surface area contributed by atoms with E-state index in [1.54, 1.807) is 0 Å². The Labute approximate surface area is 109 Å². The van der Waals surface area contributed by atoms with Crippen LogP contribution >= 0.6 is 11.6 Å². The SMILES string of the molecule is CCC(CC)n1nc(CC(C)C)c(CO)c1Cl. The second-order valence-electron chi connectivity index (χ2n) is 4.89. The highest BCUT2D eigenvalue weighted by molar-refractivity contribution is 6.30. The number of rotatable bonds is 6. The average molecular weight is 259 g/mol. The molecule has 1 aromatic rings. The van der Waals surface area contributed by atoms with Gasteiger partial charge in [-0.15, -0.1) is 0 Å². The van der Waals surface area contributed by atoms with E-state index in [2.05, 4.69) is 32.8 Å². The molecule has 0 amide bonds. The highest BCUT2D eigenvalue weighted by atomic mass is 35.5. The van der Waals surface area contributed by atoms with Crippen molar-refractivity contribution in [3.8, 4) is 0 Å². The van der Waals surface area contributed by atoms with Gasteiger partial charge in [0.15, 0.2) is 0 Å². The first kappa shape index (κ1) is 14.5. The number of hydrogen-bond donors (Lipinski definition) is 1. The molecule has 4 heteroatoms. The maximum atomic E-state index is 9.41. The minimum absolute atomic E-state index is 0.0268. The molecule has 0 saturated carbocycles. The Morgan fingerprint density at radius 2 is 1.88 bits per heavy atom. The first-order chi connectivity index (χ1) is 8.04. The van der Waals surface area contributed by atoms with Crippen LogP contribution in [0, 0.1) is 5.92 Å². The van der Waals surface area contributed by atoms with Crippen LogP contribution in [0.1, 0.15) is 57.8 Å². The average Bonchev–Trinajstić information content (AvgIpc) is 2.57. The van der Waals surface area contributed by atoms with E-state index in [0.29, 0.717) is 17.1 Å². The van der Waals surface area contributed by atoms with Crippen LogP contribution in [0.25, 0.3) is 0 Å². The fourth-order valence-corrected chi connectivity index (χ4v) is 2.42. The Kier molecular flexibility index (Phi) is 5.47. The second kappa shape index (κ2) is 6.41. The third-order valence-corrected chi connectivity index (χ3v) is 3.48. The van der Waals surface area contributed by atoms with E-state index >= 15 is 0 Å². The zero-order valence-electron chi connectivity index (χ0n) is 11.2. The zero-order chi connectivity index (χ0) is 13.0. The van der Waals surface area contributed by atoms with E-state index in [1.807, 2.05) is 4.68 Å². The largest absolute Gasteiger partial charge is 0.391 e. The summed E-state index contributed by atoms with van der Waals surface area (Å²) >= 11 is 6.31. The summed E-state index contributed by atoms with van der Waals surface area (Å²) < 4.78 is 1.88. The molecule has 1 heterocycles. The van der Waals surface area contributed by atoms with Crippen LogP contribution in [0.5, 0.6) is 0 Å². The predicted molar refractivity (Wildman–Crippen MR) is 71.3 cm³/mol. The maximum Gasteiger partial charge on any atom is 0.133 e. The van der Waals surface area contributed by atoms with Crippen LogP contribution in [0.15, 0.2) is 0 Å². The normalized spacial score (nSPS) is 11.8. The van der Waals surface area contributed by atoms with E-state index < -0.39 is 0 Å². The van der Waals surface area contributed by atoms with E-state index in [0.717, 1.165) is 30.5 Å². The summed E-state index contributed by atoms with van der Waals surface area (Å²) in [6, 6.07) is 0.328. The van der Waals surface area contributed by atoms with Crippen LogP contribution in [-0.4, -0.2) is 14.9 Å². The lowest BCUT2D eigenvalue weighted by Gasteiger charge is -2.14. The van der Waals surface area contributed by atoms with Crippen LogP contribution in [0.3, 0.4) is 0 Å². The molecule has 0 aliphatic carbocycles. The first-order valence-corrected chi connectivity index (χ1v) is 6.79. The number of hydrogen-bond acceptors (Lipinski definition) is 2. The molecule has 0 aromatic carbocycles. The van der Waals surface area contributed by atoms with Crippen molar-refractivity contribution in [2.75, 3.05) is 0 Å². The molecule has 3 nitrogen and oxygen atoms in total. The van der Waals surface area contributed by atoms with Gasteiger partial charge in [0.25, 0.3) is 0 Å². The van der Waals surface area contributed by atoms with Crippen LogP contribution < -0.4 is 0 Å². The van der Waals surface area contributed by atoms with Crippen molar-refractivity contribution in [1.29, 1.82) is 0 Å². The number of halogens is 1. The fourth-order valence-electron chi connectivity index (χ4n) is 2.08. The summed E-state index contributed by atoms with van der Waals surface area (Å²) in [7, 11) is 0. The highest BCUT2D eigenvalue weighted by Gasteiger charge is 2.20. The fraction of sp³-hybridized carbons (Fsp3) is 0.769. The Morgan fingerprint density at radius 3 is 2.29 bits per heavy atom. The Morgan fingerprint density at radius 1 is 1.29 bits per heavy atom. The van der Waals surface area contributed by atoms with Gasteiger partial charge in [-0.05, 0) is 25.2 Å². The molecule has 1 aromatic heterocycles. The van der Waals surface area contributed by atoms with Gasteiger partial charge in [-0.3, -0.25) is 4.68 Å². The molecule has 0 spiro atoms. The monoisotopic (exact) mass is 258 g/mol. The van der Waals surface area contributed by atoms with Gasteiger partial charge in [-0.2, -0.15) is 5.10 Å². The number of nitrogens with zero attached hydrogens (tertiary/aromatic N) is 2. The molecule has 1 N–H and O–H groups in total. The Hall–Kier alpha value is -0.540. The minimum atomic E-state index is -0.0268. The maximum absolute atomic E-state index is 9.41. The molecule has 0 aliphatic rings. The van der Waals surface area contributed by atoms with E-state index in [9.17, 15) is 5.11 Å². The molecule has 0 unspecified atom stereocenters. The Balaban J connectivity index is 3.11. The zero-order valence-corrected chi connectivity index (χ0v) is 12.0. The molecule has 0 saturated heterocycles. The smallest absolute Gasteiger partial charge is 0.133 e. The Bertz CT molecular complexity index is 357. The summed E-state index contributed by atoms with van der Waals surface area (Å²) in [6.45, 7) is 8.53. The van der Waals surface area contributed by atoms with Crippen molar-refractivity contribution in [1.82, 2.24) is 9.78 Å². The van der Waals surface area contributed by atoms with Crippen molar-refractivity contribution in [3.63, 3.8) is 0 Å². The van der Waals surface area contributed by atoms with Gasteiger partial charge in [0, 0.05) is 5.56 Å². The molecule has 1 rings (SSSR count). The van der Waals surface area contributed by atoms with Crippen molar-refractivity contribution >= 4 is 11.6 Å². The number of aliphatic hydroxyl groups is 1. The molecule has 0 bridgehead atoms. The third kappa shape index (κ3) is 3.23. The third-order valence-electron chi connectivity index (χ3n) is 3.08. The van der Waals surface area contributed by atoms with Crippen LogP contribution in [0.4, 0.5) is 0 Å². The number of aliphatic hydroxyl groups excluding tert-OH is 1. The van der Waals surface area contributed by atoms with Gasteiger partial charge in [-0.25, -0.2) is 0 Å². The summed E-state index contributed by atoms with van der Waals surface area (Å²) in [5.74, 6) is 0.515. The lowest BCUT2D eigenvalue weighted by molar-refractivity contribution is 0.280. The van der Waals surface area contributed by atoms with E-state index in [-0.39, 0.29) is 6.61 Å². The van der Waals surface area contributed by atoms with Gasteiger partial charge >= 0.3 is 0 Å². The quantitative estimate of drug-likeness (QED) is 0.847. The van der Waals surface area contributed by atoms with Gasteiger partial charge in [0.2, 0.25) is 0 Å². The molecule has 0 aliphatic heterocycles. The van der Waals surface area contributed by atoms with Gasteiger partial charge < -0.3 is 5.11 Å². The summed E-state index contributed by atoms with van der Waals surface area (Å²) in [6.07, 6.45) is 2.87. The summed E-state index contributed by atoms with van der Waals surface area (Å²) in [4.78, 5) is 0. The lowest BCUT2D eigenvalue weighted by Crippen LogP contribution is -2.09. The molecule has 17 heavy (non-hydrogen) atoms. The predicted octanol–water partition coefficient (Wildman–Crippen LogP) is 3.59. The first-order valence-electron chi connectivity index (χ1n) is 6.41. The molecule has 0 atom stereocenters. The van der Waals surface area contributed by atoms with Gasteiger partial charge in [0.05, 0.1) is 18.3 Å². The topological polar surface area (TPSA) is 38.0 Å². The highest BCUT2D eigenvalue weighted by Crippen LogP contribution is 2.28. The van der Waals surface area contributed by atoms with Gasteiger partial charge in [-0.1, -0.05) is 39.3 Å². The van der Waals surface area contributed by atoms with Gasteiger partial charge in [0.1, 0.15) is 5.15 Å². The standard InChI is InChI=1S/C13H23ClN2O/c1-5-10(6-2)16-13(14)11(8-17)12(15-16)7-9(3)4/h9-10,17H,5-8H2,1-4H3. The second-order valence-corrected chi connectivity index (χ2v) is 5.25. The van der Waals surface area contributed by atoms with Crippen molar-refractivity contribution in [2.24, 2.45) is 5.92 Å². The lowest BCUT2D eigenvalue weighted by atomic mass is 10.1. The summed E-state index contributed by atoms with van der Waals surface area (Å²) in [5.41, 5.74) is 1.74. The van der Waals surface area contributed by atoms with Crippen LogP contribution in [0.2, 0.25) is 5.15 Å². The minimum Gasteiger partial charge on any atom is -0.391 e. The molecular weight excluding hydrogens is 236 g/mol. The molecule has 0 radical (unpaired) electrons. The number of aromatic nitrogens is 2. The summed E-state index contributed by atoms with van der Waals surface area (Å²) in [5, 5.41) is 14.6. The van der Waals surface area contributed by atoms with Crippen molar-refractivity contribution in [2.45, 2.75) is 59.6 Å². The molecule has 0 fully saturated rings. The molecule has 98 valence electrons.